The van der Waals surface area contributed by atoms with Crippen molar-refractivity contribution in [3.8, 4) is 55.6 Å². The fourth-order valence-corrected chi connectivity index (χ4v) is 13.4. The molecule has 12 aromatic carbocycles. The van der Waals surface area contributed by atoms with E-state index in [2.05, 4.69) is 267 Å². The normalized spacial score (nSPS) is 14.0. The van der Waals surface area contributed by atoms with Gasteiger partial charge in [-0.2, -0.15) is 0 Å². The molecular weight excluding hydrogens is 855 g/mol. The zero-order valence-electron chi connectivity index (χ0n) is 39.6. The average molecular weight is 902 g/mol. The standard InChI is InChI=1S/C70H47N/c1-69(2)62-32-16-12-28-54(62)58-39-37-46(41-66(58)69)71(45-36-38-53-51-26-9-8-24-49(51)50-25-10-11-27-52(50)59(53)40-45)68-43-67-60(42-61(68)48-23-7-6-22-47(48)44-20-4-3-5-21-44)57-31-15-19-35-65(57)70(67)63-33-17-13-29-55(63)56-30-14-18-34-64(56)70/h3-43H,1-2H3. The molecule has 0 amide bonds. The second kappa shape index (κ2) is 14.9. The van der Waals surface area contributed by atoms with Crippen LogP contribution in [0.15, 0.2) is 249 Å². The van der Waals surface area contributed by atoms with Crippen LogP contribution in [0.1, 0.15) is 47.2 Å². The van der Waals surface area contributed by atoms with E-state index in [0.29, 0.717) is 0 Å². The van der Waals surface area contributed by atoms with Gasteiger partial charge in [0.05, 0.1) is 11.1 Å². The van der Waals surface area contributed by atoms with Gasteiger partial charge in [-0.25, -0.2) is 0 Å². The molecule has 1 spiro atoms. The lowest BCUT2D eigenvalue weighted by Gasteiger charge is -2.34. The molecule has 1 heteroatoms. The van der Waals surface area contributed by atoms with Gasteiger partial charge in [0.2, 0.25) is 0 Å². The predicted octanol–water partition coefficient (Wildman–Crippen LogP) is 18.6. The van der Waals surface area contributed by atoms with Crippen molar-refractivity contribution in [2.45, 2.75) is 24.7 Å². The van der Waals surface area contributed by atoms with Crippen molar-refractivity contribution in [2.24, 2.45) is 0 Å². The van der Waals surface area contributed by atoms with E-state index >= 15 is 0 Å². The van der Waals surface area contributed by atoms with Crippen molar-refractivity contribution in [1.82, 2.24) is 0 Å². The van der Waals surface area contributed by atoms with Gasteiger partial charge in [-0.05, 0) is 152 Å². The molecule has 12 aromatic rings. The number of anilines is 3. The Hall–Kier alpha value is -8.78. The molecule has 0 saturated carbocycles. The minimum Gasteiger partial charge on any atom is -0.310 e. The van der Waals surface area contributed by atoms with Crippen molar-refractivity contribution < 1.29 is 0 Å². The lowest BCUT2D eigenvalue weighted by Crippen LogP contribution is -2.26. The van der Waals surface area contributed by atoms with Crippen LogP contribution in [0.4, 0.5) is 17.1 Å². The molecule has 0 saturated heterocycles. The zero-order valence-corrected chi connectivity index (χ0v) is 39.6. The van der Waals surface area contributed by atoms with Gasteiger partial charge in [0.1, 0.15) is 0 Å². The monoisotopic (exact) mass is 901 g/mol. The Morgan fingerprint density at radius 2 is 0.676 bits per heavy atom. The van der Waals surface area contributed by atoms with E-state index in [9.17, 15) is 0 Å². The van der Waals surface area contributed by atoms with Crippen molar-refractivity contribution in [1.29, 1.82) is 0 Å². The molecule has 0 heterocycles. The number of hydrogen-bond acceptors (Lipinski definition) is 1. The smallest absolute Gasteiger partial charge is 0.0726 e. The third kappa shape index (κ3) is 5.46. The Bertz CT molecular complexity index is 4130. The Kier molecular flexibility index (Phi) is 8.40. The minimum absolute atomic E-state index is 0.199. The van der Waals surface area contributed by atoms with Crippen LogP contribution in [0, 0.1) is 0 Å². The molecule has 3 aliphatic carbocycles. The first-order valence-electron chi connectivity index (χ1n) is 25.0. The molecule has 0 bridgehead atoms. The van der Waals surface area contributed by atoms with Crippen molar-refractivity contribution >= 4 is 49.4 Å². The van der Waals surface area contributed by atoms with Gasteiger partial charge in [0.15, 0.2) is 0 Å². The quantitative estimate of drug-likeness (QED) is 0.156. The maximum absolute atomic E-state index is 2.60. The maximum atomic E-state index is 2.60. The summed E-state index contributed by atoms with van der Waals surface area (Å²) < 4.78 is 0. The van der Waals surface area contributed by atoms with Crippen LogP contribution < -0.4 is 4.90 Å². The second-order valence-electron chi connectivity index (χ2n) is 20.3. The molecule has 1 nitrogen and oxygen atoms in total. The summed E-state index contributed by atoms with van der Waals surface area (Å²) >= 11 is 0. The predicted molar refractivity (Wildman–Crippen MR) is 298 cm³/mol. The highest BCUT2D eigenvalue weighted by atomic mass is 15.1. The number of nitrogens with zero attached hydrogens (tertiary/aromatic N) is 1. The Morgan fingerprint density at radius 3 is 1.28 bits per heavy atom. The van der Waals surface area contributed by atoms with E-state index < -0.39 is 5.41 Å². The van der Waals surface area contributed by atoms with Gasteiger partial charge in [0.25, 0.3) is 0 Å². The highest BCUT2D eigenvalue weighted by Crippen LogP contribution is 2.64. The van der Waals surface area contributed by atoms with Gasteiger partial charge >= 0.3 is 0 Å². The summed E-state index contributed by atoms with van der Waals surface area (Å²) in [5, 5.41) is 7.57. The average Bonchev–Trinajstić information content (AvgIpc) is 3.99. The van der Waals surface area contributed by atoms with Crippen LogP contribution >= 0.6 is 0 Å². The number of hydrogen-bond donors (Lipinski definition) is 0. The molecule has 0 atom stereocenters. The molecule has 3 aliphatic rings. The Labute approximate surface area is 414 Å². The van der Waals surface area contributed by atoms with Crippen LogP contribution in [0.3, 0.4) is 0 Å². The van der Waals surface area contributed by atoms with E-state index in [1.54, 1.807) is 0 Å². The second-order valence-corrected chi connectivity index (χ2v) is 20.3. The van der Waals surface area contributed by atoms with E-state index in [1.807, 2.05) is 0 Å². The molecule has 0 unspecified atom stereocenters. The van der Waals surface area contributed by atoms with Crippen LogP contribution in [0.5, 0.6) is 0 Å². The van der Waals surface area contributed by atoms with Crippen LogP contribution in [-0.4, -0.2) is 0 Å². The first kappa shape index (κ1) is 40.1. The molecule has 332 valence electrons. The summed E-state index contributed by atoms with van der Waals surface area (Å²) in [4.78, 5) is 2.60. The molecule has 71 heavy (non-hydrogen) atoms. The number of fused-ring (bicyclic) bond motifs is 19. The zero-order chi connectivity index (χ0) is 47.0. The maximum Gasteiger partial charge on any atom is 0.0726 e. The van der Waals surface area contributed by atoms with Gasteiger partial charge in [0, 0.05) is 22.4 Å². The third-order valence-corrected chi connectivity index (χ3v) is 16.5. The Balaban J connectivity index is 1.10. The molecule has 0 fully saturated rings. The van der Waals surface area contributed by atoms with Crippen LogP contribution in [0.25, 0.3) is 88.0 Å². The first-order valence-corrected chi connectivity index (χ1v) is 25.0. The van der Waals surface area contributed by atoms with E-state index in [4.69, 9.17) is 0 Å². The molecule has 0 N–H and O–H groups in total. The topological polar surface area (TPSA) is 3.24 Å². The van der Waals surface area contributed by atoms with E-state index in [-0.39, 0.29) is 5.41 Å². The summed E-state index contributed by atoms with van der Waals surface area (Å²) in [6, 6.07) is 94.0. The van der Waals surface area contributed by atoms with Crippen molar-refractivity contribution in [3.63, 3.8) is 0 Å². The minimum atomic E-state index is -0.531. The summed E-state index contributed by atoms with van der Waals surface area (Å²) in [7, 11) is 0. The van der Waals surface area contributed by atoms with Crippen LogP contribution in [-0.2, 0) is 10.8 Å². The Morgan fingerprint density at radius 1 is 0.254 bits per heavy atom. The first-order chi connectivity index (χ1) is 35.0. The molecule has 0 aromatic heterocycles. The van der Waals surface area contributed by atoms with Gasteiger partial charge in [-0.1, -0.05) is 226 Å². The van der Waals surface area contributed by atoms with Crippen molar-refractivity contribution in [3.05, 3.63) is 282 Å². The molecular formula is C70H47N. The summed E-state index contributed by atoms with van der Waals surface area (Å²) in [5.41, 5.74) is 23.2. The largest absolute Gasteiger partial charge is 0.310 e. The molecule has 15 rings (SSSR count). The molecule has 0 radical (unpaired) electrons. The molecule has 0 aliphatic heterocycles. The highest BCUT2D eigenvalue weighted by molar-refractivity contribution is 6.26. The van der Waals surface area contributed by atoms with E-state index in [0.717, 1.165) is 17.1 Å². The fourth-order valence-electron chi connectivity index (χ4n) is 13.4. The van der Waals surface area contributed by atoms with Crippen molar-refractivity contribution in [2.75, 3.05) is 4.90 Å². The summed E-state index contributed by atoms with van der Waals surface area (Å²) in [6.45, 7) is 4.79. The SMILES string of the molecule is CC1(C)c2ccccc2-c2ccc(N(c3ccc4c5ccccc5c5ccccc5c4c3)c3cc4c(cc3-c3ccccc3-c3ccccc3)-c3ccccc3C43c4ccccc4-c4ccccc43)cc21. The lowest BCUT2D eigenvalue weighted by molar-refractivity contribution is 0.660. The van der Waals surface area contributed by atoms with Gasteiger partial charge in [-0.15, -0.1) is 0 Å². The van der Waals surface area contributed by atoms with Crippen LogP contribution in [0.2, 0.25) is 0 Å². The van der Waals surface area contributed by atoms with E-state index in [1.165, 1.54) is 121 Å². The van der Waals surface area contributed by atoms with Gasteiger partial charge < -0.3 is 4.90 Å². The van der Waals surface area contributed by atoms with Gasteiger partial charge in [-0.3, -0.25) is 0 Å². The fraction of sp³-hybridized carbons (Fsp3) is 0.0571. The highest BCUT2D eigenvalue weighted by Gasteiger charge is 2.52. The number of benzene rings is 12. The summed E-state index contributed by atoms with van der Waals surface area (Å²) in [6.07, 6.45) is 0. The lowest BCUT2D eigenvalue weighted by atomic mass is 9.70. The third-order valence-electron chi connectivity index (χ3n) is 16.5. The number of rotatable bonds is 5. The summed E-state index contributed by atoms with van der Waals surface area (Å²) in [5.74, 6) is 0.